The number of aliphatic carboxylic acids is 1. The van der Waals surface area contributed by atoms with Crippen LogP contribution in [-0.2, 0) is 11.3 Å². The van der Waals surface area contributed by atoms with Crippen LogP contribution in [-0.4, -0.2) is 53.6 Å². The van der Waals surface area contributed by atoms with Gasteiger partial charge in [0.15, 0.2) is 0 Å². The molecule has 1 aromatic carbocycles. The number of benzene rings is 1. The van der Waals surface area contributed by atoms with E-state index in [0.29, 0.717) is 6.54 Å². The highest BCUT2D eigenvalue weighted by molar-refractivity contribution is 5.66. The summed E-state index contributed by atoms with van der Waals surface area (Å²) in [5.74, 6) is -0.706. The summed E-state index contributed by atoms with van der Waals surface area (Å²) in [7, 11) is 0. The predicted molar refractivity (Wildman–Crippen MR) is 79.9 cm³/mol. The van der Waals surface area contributed by atoms with E-state index in [1.807, 2.05) is 0 Å². The van der Waals surface area contributed by atoms with Gasteiger partial charge in [0.25, 0.3) is 0 Å². The van der Waals surface area contributed by atoms with Crippen molar-refractivity contribution in [1.82, 2.24) is 9.80 Å². The number of nitrogens with zero attached hydrogens (tertiary/aromatic N) is 2. The third kappa shape index (κ3) is 4.32. The first-order chi connectivity index (χ1) is 9.54. The van der Waals surface area contributed by atoms with Crippen LogP contribution in [0, 0.1) is 13.8 Å². The van der Waals surface area contributed by atoms with E-state index in [-0.39, 0.29) is 6.42 Å². The van der Waals surface area contributed by atoms with E-state index in [1.165, 1.54) is 16.7 Å². The zero-order chi connectivity index (χ0) is 14.5. The highest BCUT2D eigenvalue weighted by Gasteiger charge is 2.17. The van der Waals surface area contributed by atoms with Crippen LogP contribution >= 0.6 is 0 Å². The molecule has 2 rings (SSSR count). The Bertz CT molecular complexity index is 466. The average Bonchev–Trinajstić information content (AvgIpc) is 2.41. The van der Waals surface area contributed by atoms with Crippen molar-refractivity contribution in [1.29, 1.82) is 0 Å². The molecule has 0 bridgehead atoms. The fourth-order valence-corrected chi connectivity index (χ4v) is 2.69. The van der Waals surface area contributed by atoms with Crippen molar-refractivity contribution < 1.29 is 9.90 Å². The highest BCUT2D eigenvalue weighted by atomic mass is 16.4. The lowest BCUT2D eigenvalue weighted by atomic mass is 10.1. The van der Waals surface area contributed by atoms with Crippen LogP contribution in [0.5, 0.6) is 0 Å². The minimum absolute atomic E-state index is 0.247. The number of piperazine rings is 1. The second kappa shape index (κ2) is 6.86. The maximum absolute atomic E-state index is 10.6. The topological polar surface area (TPSA) is 43.8 Å². The molecule has 1 N–H and O–H groups in total. The normalized spacial score (nSPS) is 17.3. The smallest absolute Gasteiger partial charge is 0.304 e. The van der Waals surface area contributed by atoms with Crippen molar-refractivity contribution in [2.45, 2.75) is 26.8 Å². The van der Waals surface area contributed by atoms with Crippen LogP contribution < -0.4 is 0 Å². The molecule has 0 aromatic heterocycles. The lowest BCUT2D eigenvalue weighted by Crippen LogP contribution is -2.46. The van der Waals surface area contributed by atoms with Gasteiger partial charge in [0, 0.05) is 39.3 Å². The third-order valence-corrected chi connectivity index (χ3v) is 4.00. The quantitative estimate of drug-likeness (QED) is 0.892. The third-order valence-electron chi connectivity index (χ3n) is 4.00. The molecule has 110 valence electrons. The molecule has 0 amide bonds. The molecule has 1 fully saturated rings. The lowest BCUT2D eigenvalue weighted by molar-refractivity contribution is -0.137. The molecule has 1 aliphatic heterocycles. The minimum Gasteiger partial charge on any atom is -0.481 e. The zero-order valence-electron chi connectivity index (χ0n) is 12.4. The van der Waals surface area contributed by atoms with E-state index >= 15 is 0 Å². The number of carboxylic acid groups (broad SMARTS) is 1. The first-order valence-corrected chi connectivity index (χ1v) is 7.27. The van der Waals surface area contributed by atoms with Crippen LogP contribution in [0.4, 0.5) is 0 Å². The van der Waals surface area contributed by atoms with Crippen molar-refractivity contribution >= 4 is 5.97 Å². The summed E-state index contributed by atoms with van der Waals surface area (Å²) in [5, 5.41) is 8.71. The second-order valence-corrected chi connectivity index (χ2v) is 5.69. The van der Waals surface area contributed by atoms with E-state index in [4.69, 9.17) is 5.11 Å². The Morgan fingerprint density at radius 3 is 2.40 bits per heavy atom. The predicted octanol–water partition coefficient (Wildman–Crippen LogP) is 1.90. The molecule has 0 atom stereocenters. The van der Waals surface area contributed by atoms with Gasteiger partial charge in [-0.1, -0.05) is 23.8 Å². The Morgan fingerprint density at radius 1 is 1.15 bits per heavy atom. The van der Waals surface area contributed by atoms with Crippen LogP contribution in [0.1, 0.15) is 23.1 Å². The van der Waals surface area contributed by atoms with E-state index < -0.39 is 5.97 Å². The molecule has 4 heteroatoms. The van der Waals surface area contributed by atoms with E-state index in [2.05, 4.69) is 41.8 Å². The van der Waals surface area contributed by atoms with Crippen LogP contribution in [0.3, 0.4) is 0 Å². The van der Waals surface area contributed by atoms with Crippen molar-refractivity contribution in [2.75, 3.05) is 32.7 Å². The van der Waals surface area contributed by atoms with Gasteiger partial charge < -0.3 is 10.0 Å². The van der Waals surface area contributed by atoms with Crippen LogP contribution in [0.2, 0.25) is 0 Å². The molecular weight excluding hydrogens is 252 g/mol. The highest BCUT2D eigenvalue weighted by Crippen LogP contribution is 2.14. The van der Waals surface area contributed by atoms with Gasteiger partial charge in [0.1, 0.15) is 0 Å². The molecule has 1 aromatic rings. The summed E-state index contributed by atoms with van der Waals surface area (Å²) in [4.78, 5) is 15.3. The second-order valence-electron chi connectivity index (χ2n) is 5.69. The van der Waals surface area contributed by atoms with Crippen molar-refractivity contribution in [3.63, 3.8) is 0 Å². The van der Waals surface area contributed by atoms with Gasteiger partial charge in [-0.2, -0.15) is 0 Å². The van der Waals surface area contributed by atoms with Crippen molar-refractivity contribution in [2.24, 2.45) is 0 Å². The summed E-state index contributed by atoms with van der Waals surface area (Å²) in [6, 6.07) is 6.63. The van der Waals surface area contributed by atoms with Crippen molar-refractivity contribution in [3.8, 4) is 0 Å². The maximum atomic E-state index is 10.6. The summed E-state index contributed by atoms with van der Waals surface area (Å²) in [6.07, 6.45) is 0.247. The molecule has 1 heterocycles. The van der Waals surface area contributed by atoms with Gasteiger partial charge in [0.2, 0.25) is 0 Å². The monoisotopic (exact) mass is 276 g/mol. The van der Waals surface area contributed by atoms with Gasteiger partial charge in [-0.3, -0.25) is 9.69 Å². The number of carbonyl (C=O) groups is 1. The number of rotatable bonds is 5. The molecule has 4 nitrogen and oxygen atoms in total. The zero-order valence-corrected chi connectivity index (χ0v) is 12.4. The summed E-state index contributed by atoms with van der Waals surface area (Å²) in [6.45, 7) is 9.95. The maximum Gasteiger partial charge on any atom is 0.304 e. The molecule has 0 saturated carbocycles. The standard InChI is InChI=1S/C16H24N2O2/c1-13-3-4-15(14(2)11-13)12-18-9-7-17(8-10-18)6-5-16(19)20/h3-4,11H,5-10,12H2,1-2H3,(H,19,20). The lowest BCUT2D eigenvalue weighted by Gasteiger charge is -2.34. The van der Waals surface area contributed by atoms with Gasteiger partial charge in [-0.25, -0.2) is 0 Å². The van der Waals surface area contributed by atoms with Gasteiger partial charge in [0.05, 0.1) is 6.42 Å². The number of aryl methyl sites for hydroxylation is 2. The summed E-state index contributed by atoms with van der Waals surface area (Å²) >= 11 is 0. The molecular formula is C16H24N2O2. The fraction of sp³-hybridized carbons (Fsp3) is 0.562. The van der Waals surface area contributed by atoms with E-state index in [0.717, 1.165) is 32.7 Å². The Hall–Kier alpha value is -1.39. The SMILES string of the molecule is Cc1ccc(CN2CCN(CCC(=O)O)CC2)c(C)c1. The minimum atomic E-state index is -0.706. The van der Waals surface area contributed by atoms with Crippen LogP contribution in [0.15, 0.2) is 18.2 Å². The van der Waals surface area contributed by atoms with Crippen molar-refractivity contribution in [3.05, 3.63) is 34.9 Å². The largest absolute Gasteiger partial charge is 0.481 e. The number of hydrogen-bond donors (Lipinski definition) is 1. The number of carboxylic acids is 1. The molecule has 0 unspecified atom stereocenters. The molecule has 0 radical (unpaired) electrons. The van der Waals surface area contributed by atoms with Gasteiger partial charge in [-0.05, 0) is 25.0 Å². The Kier molecular flexibility index (Phi) is 5.15. The Morgan fingerprint density at radius 2 is 1.80 bits per heavy atom. The molecule has 0 aliphatic carbocycles. The molecule has 1 aliphatic rings. The van der Waals surface area contributed by atoms with Gasteiger partial charge >= 0.3 is 5.97 Å². The molecule has 20 heavy (non-hydrogen) atoms. The van der Waals surface area contributed by atoms with E-state index in [9.17, 15) is 4.79 Å². The van der Waals surface area contributed by atoms with E-state index in [1.54, 1.807) is 0 Å². The van der Waals surface area contributed by atoms with Crippen LogP contribution in [0.25, 0.3) is 0 Å². The Balaban J connectivity index is 1.80. The first-order valence-electron chi connectivity index (χ1n) is 7.27. The summed E-state index contributed by atoms with van der Waals surface area (Å²) < 4.78 is 0. The Labute approximate surface area is 121 Å². The average molecular weight is 276 g/mol. The fourth-order valence-electron chi connectivity index (χ4n) is 2.69. The first kappa shape index (κ1) is 15.0. The molecule has 1 saturated heterocycles. The molecule has 0 spiro atoms. The summed E-state index contributed by atoms with van der Waals surface area (Å²) in [5.41, 5.74) is 4.07. The number of hydrogen-bond acceptors (Lipinski definition) is 3. The van der Waals surface area contributed by atoms with Gasteiger partial charge in [-0.15, -0.1) is 0 Å².